The van der Waals surface area contributed by atoms with E-state index in [2.05, 4.69) is 5.32 Å². The second-order valence-electron chi connectivity index (χ2n) is 3.23. The van der Waals surface area contributed by atoms with Gasteiger partial charge in [0.2, 0.25) is 5.91 Å². The molecule has 0 heterocycles. The van der Waals surface area contributed by atoms with E-state index in [4.69, 9.17) is 0 Å². The van der Waals surface area contributed by atoms with E-state index in [-0.39, 0.29) is 11.7 Å². The van der Waals surface area contributed by atoms with E-state index in [9.17, 15) is 9.90 Å². The van der Waals surface area contributed by atoms with Crippen molar-refractivity contribution in [1.82, 2.24) is 5.32 Å². The lowest BCUT2D eigenvalue weighted by molar-refractivity contribution is -0.118. The fourth-order valence-corrected chi connectivity index (χ4v) is 1.17. The summed E-state index contributed by atoms with van der Waals surface area (Å²) >= 11 is 0. The highest BCUT2D eigenvalue weighted by Crippen LogP contribution is 2.16. The van der Waals surface area contributed by atoms with Crippen LogP contribution in [0, 0.1) is 0 Å². The largest absolute Gasteiger partial charge is 0.507 e. The first-order chi connectivity index (χ1) is 7.20. The lowest BCUT2D eigenvalue weighted by Crippen LogP contribution is -2.20. The van der Waals surface area contributed by atoms with Gasteiger partial charge in [-0.25, -0.2) is 0 Å². The minimum atomic E-state index is -0.0223. The predicted octanol–water partition coefficient (Wildman–Crippen LogP) is 1.93. The maximum absolute atomic E-state index is 10.6. The van der Waals surface area contributed by atoms with Gasteiger partial charge in [-0.1, -0.05) is 30.4 Å². The summed E-state index contributed by atoms with van der Waals surface area (Å²) in [7, 11) is 0. The topological polar surface area (TPSA) is 49.3 Å². The second-order valence-corrected chi connectivity index (χ2v) is 3.23. The molecule has 15 heavy (non-hydrogen) atoms. The average molecular weight is 205 g/mol. The van der Waals surface area contributed by atoms with E-state index in [0.717, 1.165) is 12.0 Å². The molecule has 3 nitrogen and oxygen atoms in total. The SMILES string of the molecule is CC(=O)NCCC=Cc1ccccc1O. The molecule has 0 saturated carbocycles. The third kappa shape index (κ3) is 4.31. The van der Waals surface area contributed by atoms with Gasteiger partial charge in [0.15, 0.2) is 0 Å². The summed E-state index contributed by atoms with van der Waals surface area (Å²) in [5.41, 5.74) is 0.792. The lowest BCUT2D eigenvalue weighted by atomic mass is 10.2. The number of carbonyl (C=O) groups excluding carboxylic acids is 1. The number of carbonyl (C=O) groups is 1. The molecule has 0 bridgehead atoms. The molecule has 0 aliphatic heterocycles. The normalized spacial score (nSPS) is 10.5. The Morgan fingerprint density at radius 2 is 2.20 bits per heavy atom. The van der Waals surface area contributed by atoms with Crippen molar-refractivity contribution in [2.24, 2.45) is 0 Å². The Morgan fingerprint density at radius 3 is 2.87 bits per heavy atom. The highest BCUT2D eigenvalue weighted by molar-refractivity contribution is 5.72. The van der Waals surface area contributed by atoms with Gasteiger partial charge in [-0.05, 0) is 12.5 Å². The Kier molecular flexibility index (Phi) is 4.41. The second kappa shape index (κ2) is 5.86. The van der Waals surface area contributed by atoms with E-state index in [1.165, 1.54) is 6.92 Å². The van der Waals surface area contributed by atoms with Crippen LogP contribution in [-0.4, -0.2) is 17.6 Å². The standard InChI is InChI=1S/C12H15NO2/c1-10(14)13-9-5-4-7-11-6-2-3-8-12(11)15/h2-4,6-8,15H,5,9H2,1H3,(H,13,14). The first kappa shape index (κ1) is 11.3. The molecule has 0 fully saturated rings. The Hall–Kier alpha value is -1.77. The summed E-state index contributed by atoms with van der Waals surface area (Å²) in [5, 5.41) is 12.1. The molecule has 1 aromatic rings. The summed E-state index contributed by atoms with van der Waals surface area (Å²) in [6, 6.07) is 7.13. The smallest absolute Gasteiger partial charge is 0.216 e. The number of phenols is 1. The zero-order valence-electron chi connectivity index (χ0n) is 8.73. The molecule has 1 rings (SSSR count). The molecule has 1 aromatic carbocycles. The van der Waals surface area contributed by atoms with E-state index in [1.54, 1.807) is 12.1 Å². The number of phenolic OH excluding ortho intramolecular Hbond substituents is 1. The van der Waals surface area contributed by atoms with Crippen molar-refractivity contribution >= 4 is 12.0 Å². The first-order valence-electron chi connectivity index (χ1n) is 4.89. The van der Waals surface area contributed by atoms with Crippen molar-refractivity contribution in [3.8, 4) is 5.75 Å². The zero-order valence-corrected chi connectivity index (χ0v) is 8.73. The fourth-order valence-electron chi connectivity index (χ4n) is 1.17. The molecule has 80 valence electrons. The molecule has 0 aromatic heterocycles. The predicted molar refractivity (Wildman–Crippen MR) is 60.4 cm³/mol. The van der Waals surface area contributed by atoms with Crippen LogP contribution in [0.25, 0.3) is 6.08 Å². The molecule has 0 aliphatic carbocycles. The minimum Gasteiger partial charge on any atom is -0.507 e. The van der Waals surface area contributed by atoms with Crippen molar-refractivity contribution in [1.29, 1.82) is 0 Å². The average Bonchev–Trinajstić information content (AvgIpc) is 2.20. The van der Waals surface area contributed by atoms with Crippen LogP contribution < -0.4 is 5.32 Å². The summed E-state index contributed by atoms with van der Waals surface area (Å²) < 4.78 is 0. The van der Waals surface area contributed by atoms with Crippen molar-refractivity contribution in [3.63, 3.8) is 0 Å². The Balaban J connectivity index is 2.38. The van der Waals surface area contributed by atoms with Crippen LogP contribution in [0.2, 0.25) is 0 Å². The molecule has 0 aliphatic rings. The summed E-state index contributed by atoms with van der Waals surface area (Å²) in [6.45, 7) is 2.12. The summed E-state index contributed by atoms with van der Waals surface area (Å²) in [5.74, 6) is 0.249. The lowest BCUT2D eigenvalue weighted by Gasteiger charge is -1.98. The number of aromatic hydroxyl groups is 1. The van der Waals surface area contributed by atoms with Crippen molar-refractivity contribution in [2.75, 3.05) is 6.54 Å². The van der Waals surface area contributed by atoms with Gasteiger partial charge in [-0.3, -0.25) is 4.79 Å². The van der Waals surface area contributed by atoms with Gasteiger partial charge < -0.3 is 10.4 Å². The van der Waals surface area contributed by atoms with Gasteiger partial charge in [-0.15, -0.1) is 0 Å². The van der Waals surface area contributed by atoms with Crippen molar-refractivity contribution in [3.05, 3.63) is 35.9 Å². The molecule has 0 spiro atoms. The van der Waals surface area contributed by atoms with Gasteiger partial charge in [0, 0.05) is 19.0 Å². The fraction of sp³-hybridized carbons (Fsp3) is 0.250. The molecular formula is C12H15NO2. The molecular weight excluding hydrogens is 190 g/mol. The highest BCUT2D eigenvalue weighted by atomic mass is 16.3. The van der Waals surface area contributed by atoms with Gasteiger partial charge in [0.1, 0.15) is 5.75 Å². The third-order valence-corrected chi connectivity index (χ3v) is 1.92. The van der Waals surface area contributed by atoms with Gasteiger partial charge in [-0.2, -0.15) is 0 Å². The van der Waals surface area contributed by atoms with Crippen LogP contribution in [0.5, 0.6) is 5.75 Å². The van der Waals surface area contributed by atoms with E-state index < -0.39 is 0 Å². The molecule has 0 radical (unpaired) electrons. The van der Waals surface area contributed by atoms with Crippen LogP contribution in [0.4, 0.5) is 0 Å². The van der Waals surface area contributed by atoms with E-state index in [0.29, 0.717) is 6.54 Å². The number of benzene rings is 1. The zero-order chi connectivity index (χ0) is 11.1. The van der Waals surface area contributed by atoms with Gasteiger partial charge in [0.05, 0.1) is 0 Å². The van der Waals surface area contributed by atoms with Crippen LogP contribution in [0.1, 0.15) is 18.9 Å². The first-order valence-corrected chi connectivity index (χ1v) is 4.89. The monoisotopic (exact) mass is 205 g/mol. The third-order valence-electron chi connectivity index (χ3n) is 1.92. The molecule has 3 heteroatoms. The van der Waals surface area contributed by atoms with Crippen LogP contribution in [0.3, 0.4) is 0 Å². The van der Waals surface area contributed by atoms with Gasteiger partial charge in [0.25, 0.3) is 0 Å². The number of nitrogens with one attached hydrogen (secondary N) is 1. The Labute approximate surface area is 89.4 Å². The molecule has 0 saturated heterocycles. The maximum atomic E-state index is 10.6. The minimum absolute atomic E-state index is 0.0223. The number of para-hydroxylation sites is 1. The number of hydrogen-bond acceptors (Lipinski definition) is 2. The maximum Gasteiger partial charge on any atom is 0.216 e. The quantitative estimate of drug-likeness (QED) is 0.738. The van der Waals surface area contributed by atoms with Crippen LogP contribution in [-0.2, 0) is 4.79 Å². The van der Waals surface area contributed by atoms with Crippen molar-refractivity contribution < 1.29 is 9.90 Å². The highest BCUT2D eigenvalue weighted by Gasteiger charge is 1.93. The Bertz CT molecular complexity index is 358. The Morgan fingerprint density at radius 1 is 1.47 bits per heavy atom. The van der Waals surface area contributed by atoms with E-state index in [1.807, 2.05) is 24.3 Å². The van der Waals surface area contributed by atoms with E-state index >= 15 is 0 Å². The van der Waals surface area contributed by atoms with Gasteiger partial charge >= 0.3 is 0 Å². The molecule has 1 amide bonds. The number of rotatable bonds is 4. The van der Waals surface area contributed by atoms with Crippen molar-refractivity contribution in [2.45, 2.75) is 13.3 Å². The van der Waals surface area contributed by atoms with Crippen LogP contribution >= 0.6 is 0 Å². The molecule has 0 unspecified atom stereocenters. The molecule has 2 N–H and O–H groups in total. The molecule has 0 atom stereocenters. The summed E-state index contributed by atoms with van der Waals surface area (Å²) in [4.78, 5) is 10.6. The number of amides is 1. The summed E-state index contributed by atoms with van der Waals surface area (Å²) in [6.07, 6.45) is 4.52. The van der Waals surface area contributed by atoms with Crippen LogP contribution in [0.15, 0.2) is 30.3 Å². The number of hydrogen-bond donors (Lipinski definition) is 2.